The molecule has 0 aliphatic carbocycles. The third kappa shape index (κ3) is 5.94. The first-order valence-corrected chi connectivity index (χ1v) is 7.32. The summed E-state index contributed by atoms with van der Waals surface area (Å²) in [6.07, 6.45) is 2.89. The average molecular weight is 313 g/mol. The highest BCUT2D eigenvalue weighted by atomic mass is 35.5. The average Bonchev–Trinajstić information content (AvgIpc) is 2.91. The zero-order valence-electron chi connectivity index (χ0n) is 12.8. The number of halogens is 1. The second-order valence-corrected chi connectivity index (χ2v) is 5.48. The highest BCUT2D eigenvalue weighted by Gasteiger charge is 2.19. The van der Waals surface area contributed by atoms with E-state index in [4.69, 9.17) is 4.74 Å². The van der Waals surface area contributed by atoms with E-state index in [0.29, 0.717) is 25.6 Å². The molecule has 118 valence electrons. The van der Waals surface area contributed by atoms with Crippen LogP contribution >= 0.6 is 12.4 Å². The van der Waals surface area contributed by atoms with Crippen LogP contribution in [0.15, 0.2) is 24.3 Å². The number of hydrogen-bond donors (Lipinski definition) is 1. The van der Waals surface area contributed by atoms with Gasteiger partial charge in [0.1, 0.15) is 12.4 Å². The van der Waals surface area contributed by atoms with Gasteiger partial charge in [-0.3, -0.25) is 4.79 Å². The van der Waals surface area contributed by atoms with Crippen molar-refractivity contribution in [2.24, 2.45) is 0 Å². The van der Waals surface area contributed by atoms with E-state index < -0.39 is 0 Å². The first kappa shape index (κ1) is 17.8. The molecule has 1 aliphatic heterocycles. The van der Waals surface area contributed by atoms with Crippen molar-refractivity contribution in [2.75, 3.05) is 26.7 Å². The summed E-state index contributed by atoms with van der Waals surface area (Å²) < 4.78 is 5.67. The van der Waals surface area contributed by atoms with Gasteiger partial charge in [0, 0.05) is 19.5 Å². The third-order valence-electron chi connectivity index (χ3n) is 3.69. The second kappa shape index (κ2) is 8.90. The molecule has 1 atom stereocenters. The molecular formula is C16H25ClN2O2. The molecule has 1 aromatic rings. The maximum Gasteiger partial charge on any atom is 0.223 e. The Labute approximate surface area is 133 Å². The van der Waals surface area contributed by atoms with Crippen LogP contribution in [0.2, 0.25) is 0 Å². The van der Waals surface area contributed by atoms with Crippen LogP contribution in [0, 0.1) is 6.92 Å². The second-order valence-electron chi connectivity index (χ2n) is 5.48. The molecule has 0 saturated carbocycles. The summed E-state index contributed by atoms with van der Waals surface area (Å²) in [6, 6.07) is 8.33. The first-order chi connectivity index (χ1) is 9.65. The van der Waals surface area contributed by atoms with Crippen molar-refractivity contribution < 1.29 is 9.53 Å². The van der Waals surface area contributed by atoms with E-state index in [1.807, 2.05) is 38.2 Å². The summed E-state index contributed by atoms with van der Waals surface area (Å²) in [4.78, 5) is 13.8. The van der Waals surface area contributed by atoms with Crippen molar-refractivity contribution in [1.82, 2.24) is 10.2 Å². The highest BCUT2D eigenvalue weighted by molar-refractivity contribution is 5.85. The Morgan fingerprint density at radius 2 is 2.29 bits per heavy atom. The van der Waals surface area contributed by atoms with E-state index >= 15 is 0 Å². The van der Waals surface area contributed by atoms with E-state index in [1.165, 1.54) is 12.0 Å². The molecule has 1 N–H and O–H groups in total. The van der Waals surface area contributed by atoms with Gasteiger partial charge in [-0.25, -0.2) is 0 Å². The van der Waals surface area contributed by atoms with Crippen LogP contribution < -0.4 is 10.1 Å². The van der Waals surface area contributed by atoms with E-state index in [9.17, 15) is 4.79 Å². The molecule has 0 radical (unpaired) electrons. The molecule has 1 saturated heterocycles. The van der Waals surface area contributed by atoms with Gasteiger partial charge in [0.2, 0.25) is 5.91 Å². The fraction of sp³-hybridized carbons (Fsp3) is 0.562. The van der Waals surface area contributed by atoms with Gasteiger partial charge in [0.15, 0.2) is 0 Å². The fourth-order valence-corrected chi connectivity index (χ4v) is 2.43. The smallest absolute Gasteiger partial charge is 0.223 e. The fourth-order valence-electron chi connectivity index (χ4n) is 2.43. The Kier molecular flexibility index (Phi) is 7.54. The van der Waals surface area contributed by atoms with Gasteiger partial charge >= 0.3 is 0 Å². The molecule has 1 aromatic carbocycles. The zero-order chi connectivity index (χ0) is 14.4. The van der Waals surface area contributed by atoms with E-state index in [1.54, 1.807) is 4.90 Å². The Balaban J connectivity index is 0.00000220. The van der Waals surface area contributed by atoms with Gasteiger partial charge in [-0.05, 0) is 44.0 Å². The van der Waals surface area contributed by atoms with Crippen LogP contribution in [0.5, 0.6) is 5.75 Å². The van der Waals surface area contributed by atoms with Gasteiger partial charge < -0.3 is 15.0 Å². The molecule has 1 amide bonds. The van der Waals surface area contributed by atoms with Crippen molar-refractivity contribution in [3.05, 3.63) is 29.8 Å². The molecule has 4 nitrogen and oxygen atoms in total. The Hall–Kier alpha value is -1.26. The lowest BCUT2D eigenvalue weighted by Crippen LogP contribution is -2.35. The Bertz CT molecular complexity index is 448. The largest absolute Gasteiger partial charge is 0.492 e. The lowest BCUT2D eigenvalue weighted by molar-refractivity contribution is -0.130. The van der Waals surface area contributed by atoms with E-state index in [0.717, 1.165) is 18.7 Å². The number of carbonyl (C=O) groups is 1. The van der Waals surface area contributed by atoms with Gasteiger partial charge in [-0.1, -0.05) is 12.1 Å². The maximum absolute atomic E-state index is 12.0. The summed E-state index contributed by atoms with van der Waals surface area (Å²) in [5.41, 5.74) is 1.18. The molecule has 5 heteroatoms. The number of ether oxygens (including phenoxy) is 1. The number of amides is 1. The molecule has 2 rings (SSSR count). The third-order valence-corrected chi connectivity index (χ3v) is 3.69. The molecule has 0 spiro atoms. The van der Waals surface area contributed by atoms with Crippen LogP contribution in [0.1, 0.15) is 24.8 Å². The number of hydrogen-bond acceptors (Lipinski definition) is 3. The van der Waals surface area contributed by atoms with Gasteiger partial charge in [0.05, 0.1) is 6.54 Å². The molecule has 0 aromatic heterocycles. The lowest BCUT2D eigenvalue weighted by atomic mass is 10.1. The number of likely N-dealkylation sites (N-methyl/N-ethyl adjacent to an activating group) is 1. The minimum Gasteiger partial charge on any atom is -0.492 e. The van der Waals surface area contributed by atoms with Crippen LogP contribution in [0.25, 0.3) is 0 Å². The Morgan fingerprint density at radius 3 is 2.95 bits per heavy atom. The van der Waals surface area contributed by atoms with Crippen molar-refractivity contribution in [1.29, 1.82) is 0 Å². The van der Waals surface area contributed by atoms with Crippen molar-refractivity contribution >= 4 is 18.3 Å². The highest BCUT2D eigenvalue weighted by Crippen LogP contribution is 2.12. The monoisotopic (exact) mass is 312 g/mol. The standard InChI is InChI=1S/C16H24N2O2.ClH/c1-13-5-3-7-15(11-13)20-10-9-18(2)16(19)12-14-6-4-8-17-14;/h3,5,7,11,14,17H,4,6,8-10,12H2,1-2H3;1H. The summed E-state index contributed by atoms with van der Waals surface area (Å²) >= 11 is 0. The predicted molar refractivity (Wildman–Crippen MR) is 87.2 cm³/mol. The normalized spacial score (nSPS) is 17.1. The zero-order valence-corrected chi connectivity index (χ0v) is 13.6. The maximum atomic E-state index is 12.0. The molecule has 1 fully saturated rings. The lowest BCUT2D eigenvalue weighted by Gasteiger charge is -2.19. The quantitative estimate of drug-likeness (QED) is 0.877. The van der Waals surface area contributed by atoms with Gasteiger partial charge in [-0.2, -0.15) is 0 Å². The molecular weight excluding hydrogens is 288 g/mol. The van der Waals surface area contributed by atoms with Crippen molar-refractivity contribution in [2.45, 2.75) is 32.2 Å². The minimum atomic E-state index is 0. The van der Waals surface area contributed by atoms with E-state index in [-0.39, 0.29) is 18.3 Å². The summed E-state index contributed by atoms with van der Waals surface area (Å²) in [5.74, 6) is 1.06. The summed E-state index contributed by atoms with van der Waals surface area (Å²) in [7, 11) is 1.84. The van der Waals surface area contributed by atoms with Gasteiger partial charge in [-0.15, -0.1) is 12.4 Å². The van der Waals surface area contributed by atoms with E-state index in [2.05, 4.69) is 5.32 Å². The number of benzene rings is 1. The Morgan fingerprint density at radius 1 is 1.48 bits per heavy atom. The number of nitrogens with one attached hydrogen (secondary N) is 1. The number of carbonyl (C=O) groups excluding carboxylic acids is 1. The number of aryl methyl sites for hydroxylation is 1. The SMILES string of the molecule is Cc1cccc(OCCN(C)C(=O)CC2CCCN2)c1.Cl. The predicted octanol–water partition coefficient (Wildman–Crippen LogP) is 2.40. The summed E-state index contributed by atoms with van der Waals surface area (Å²) in [6.45, 7) is 4.23. The molecule has 1 aliphatic rings. The topological polar surface area (TPSA) is 41.6 Å². The number of nitrogens with zero attached hydrogens (tertiary/aromatic N) is 1. The minimum absolute atomic E-state index is 0. The molecule has 1 unspecified atom stereocenters. The van der Waals surface area contributed by atoms with Crippen LogP contribution in [0.4, 0.5) is 0 Å². The summed E-state index contributed by atoms with van der Waals surface area (Å²) in [5, 5.41) is 3.35. The first-order valence-electron chi connectivity index (χ1n) is 7.32. The van der Waals surface area contributed by atoms with Crippen LogP contribution in [-0.4, -0.2) is 43.6 Å². The van der Waals surface area contributed by atoms with Gasteiger partial charge in [0.25, 0.3) is 0 Å². The molecule has 1 heterocycles. The number of rotatable bonds is 6. The van der Waals surface area contributed by atoms with Crippen molar-refractivity contribution in [3.8, 4) is 5.75 Å². The van der Waals surface area contributed by atoms with Crippen molar-refractivity contribution in [3.63, 3.8) is 0 Å². The molecule has 0 bridgehead atoms. The van der Waals surface area contributed by atoms with Crippen LogP contribution in [0.3, 0.4) is 0 Å². The molecule has 21 heavy (non-hydrogen) atoms. The van der Waals surface area contributed by atoms with Crippen LogP contribution in [-0.2, 0) is 4.79 Å².